The molecule has 0 unspecified atom stereocenters. The lowest BCUT2D eigenvalue weighted by Gasteiger charge is -2.11. The number of amides is 2. The SMILES string of the molecule is CC.COC(=O)c1ccc(CNC(=O)c2c(OC)ccc3nc(C(=O)NCc4ccc(F)c(C)c4)cn23)cc1. The summed E-state index contributed by atoms with van der Waals surface area (Å²) in [6.45, 7) is 6.04. The van der Waals surface area contributed by atoms with Crippen molar-refractivity contribution in [3.8, 4) is 5.75 Å². The lowest BCUT2D eigenvalue weighted by molar-refractivity contribution is 0.0600. The molecule has 2 heterocycles. The molecule has 0 atom stereocenters. The second-order valence-corrected chi connectivity index (χ2v) is 8.24. The Morgan fingerprint density at radius 3 is 2.18 bits per heavy atom. The number of nitrogens with one attached hydrogen (secondary N) is 2. The van der Waals surface area contributed by atoms with Gasteiger partial charge in [-0.1, -0.05) is 38.1 Å². The van der Waals surface area contributed by atoms with Crippen molar-refractivity contribution in [1.29, 1.82) is 0 Å². The van der Waals surface area contributed by atoms with E-state index in [1.54, 1.807) is 55.5 Å². The van der Waals surface area contributed by atoms with Gasteiger partial charge in [0.05, 0.1) is 19.8 Å². The molecule has 4 rings (SSSR count). The van der Waals surface area contributed by atoms with Crippen molar-refractivity contribution in [2.75, 3.05) is 14.2 Å². The Balaban J connectivity index is 0.00000205. The molecule has 9 nitrogen and oxygen atoms in total. The molecule has 0 aliphatic carbocycles. The van der Waals surface area contributed by atoms with Crippen molar-refractivity contribution < 1.29 is 28.2 Å². The average Bonchev–Trinajstić information content (AvgIpc) is 3.41. The molecule has 0 bridgehead atoms. The molecular weight excluding hydrogens is 503 g/mol. The van der Waals surface area contributed by atoms with Crippen LogP contribution in [0.5, 0.6) is 5.75 Å². The van der Waals surface area contributed by atoms with Crippen LogP contribution in [0, 0.1) is 12.7 Å². The largest absolute Gasteiger partial charge is 0.494 e. The van der Waals surface area contributed by atoms with Crippen LogP contribution in [0.4, 0.5) is 4.39 Å². The summed E-state index contributed by atoms with van der Waals surface area (Å²) in [6, 6.07) is 14.5. The van der Waals surface area contributed by atoms with Crippen molar-refractivity contribution in [3.63, 3.8) is 0 Å². The van der Waals surface area contributed by atoms with Crippen LogP contribution >= 0.6 is 0 Å². The molecule has 39 heavy (non-hydrogen) atoms. The van der Waals surface area contributed by atoms with Crippen LogP contribution in [-0.2, 0) is 17.8 Å². The van der Waals surface area contributed by atoms with Crippen molar-refractivity contribution in [1.82, 2.24) is 20.0 Å². The summed E-state index contributed by atoms with van der Waals surface area (Å²) in [6.07, 6.45) is 1.46. The van der Waals surface area contributed by atoms with E-state index in [1.807, 2.05) is 13.8 Å². The van der Waals surface area contributed by atoms with Gasteiger partial charge in [0.1, 0.15) is 22.9 Å². The van der Waals surface area contributed by atoms with E-state index in [2.05, 4.69) is 15.6 Å². The zero-order chi connectivity index (χ0) is 28.5. The first-order valence-corrected chi connectivity index (χ1v) is 12.4. The average molecular weight is 535 g/mol. The Morgan fingerprint density at radius 1 is 0.897 bits per heavy atom. The van der Waals surface area contributed by atoms with Gasteiger partial charge in [0.15, 0.2) is 5.69 Å². The van der Waals surface area contributed by atoms with E-state index in [4.69, 9.17) is 9.47 Å². The van der Waals surface area contributed by atoms with E-state index < -0.39 is 17.8 Å². The quantitative estimate of drug-likeness (QED) is 0.323. The molecule has 0 saturated heterocycles. The zero-order valence-electron chi connectivity index (χ0n) is 22.5. The van der Waals surface area contributed by atoms with E-state index in [9.17, 15) is 18.8 Å². The second-order valence-electron chi connectivity index (χ2n) is 8.24. The number of aryl methyl sites for hydroxylation is 1. The number of methoxy groups -OCH3 is 2. The Morgan fingerprint density at radius 2 is 1.54 bits per heavy atom. The molecule has 4 aromatic rings. The van der Waals surface area contributed by atoms with Gasteiger partial charge in [-0.05, 0) is 53.9 Å². The van der Waals surface area contributed by atoms with Crippen LogP contribution in [0.15, 0.2) is 60.8 Å². The fraction of sp³-hybridized carbons (Fsp3) is 0.241. The fourth-order valence-corrected chi connectivity index (χ4v) is 3.77. The number of benzene rings is 2. The summed E-state index contributed by atoms with van der Waals surface area (Å²) in [5.41, 5.74) is 3.08. The van der Waals surface area contributed by atoms with Gasteiger partial charge < -0.3 is 20.1 Å². The first-order valence-electron chi connectivity index (χ1n) is 12.4. The lowest BCUT2D eigenvalue weighted by Crippen LogP contribution is -2.25. The Kier molecular flexibility index (Phi) is 9.75. The number of rotatable bonds is 8. The van der Waals surface area contributed by atoms with Gasteiger partial charge in [-0.3, -0.25) is 14.0 Å². The normalized spacial score (nSPS) is 10.3. The van der Waals surface area contributed by atoms with Crippen LogP contribution in [0.1, 0.15) is 61.9 Å². The number of hydrogen-bond acceptors (Lipinski definition) is 6. The number of hydrogen-bond donors (Lipinski definition) is 2. The van der Waals surface area contributed by atoms with Crippen LogP contribution in [0.25, 0.3) is 5.65 Å². The molecule has 0 fully saturated rings. The first-order chi connectivity index (χ1) is 18.8. The summed E-state index contributed by atoms with van der Waals surface area (Å²) < 4.78 is 25.1. The summed E-state index contributed by atoms with van der Waals surface area (Å²) in [5, 5.41) is 5.59. The van der Waals surface area contributed by atoms with Crippen LogP contribution in [-0.4, -0.2) is 41.4 Å². The maximum absolute atomic E-state index is 13.5. The highest BCUT2D eigenvalue weighted by molar-refractivity contribution is 5.97. The number of aromatic nitrogens is 2. The van der Waals surface area contributed by atoms with Crippen molar-refractivity contribution in [2.45, 2.75) is 33.9 Å². The van der Waals surface area contributed by atoms with Crippen LogP contribution < -0.4 is 15.4 Å². The molecular formula is C29H31FN4O5. The first kappa shape index (κ1) is 28.8. The van der Waals surface area contributed by atoms with Crippen LogP contribution in [0.2, 0.25) is 0 Å². The van der Waals surface area contributed by atoms with Gasteiger partial charge in [-0.2, -0.15) is 0 Å². The van der Waals surface area contributed by atoms with Crippen molar-refractivity contribution >= 4 is 23.4 Å². The third kappa shape index (κ3) is 6.78. The highest BCUT2D eigenvalue weighted by atomic mass is 19.1. The molecule has 10 heteroatoms. The third-order valence-electron chi connectivity index (χ3n) is 5.76. The molecule has 2 N–H and O–H groups in total. The molecule has 2 amide bonds. The minimum absolute atomic E-state index is 0.111. The maximum atomic E-state index is 13.5. The van der Waals surface area contributed by atoms with E-state index >= 15 is 0 Å². The standard InChI is InChI=1S/C27H25FN4O5.C2H6/c1-16-12-18(6-9-20(16)28)14-29-25(33)21-15-32-23(31-21)11-10-22(36-2)24(32)26(34)30-13-17-4-7-19(8-5-17)27(35)37-3;1-2/h4-12,15H,13-14H2,1-3H3,(H,29,33)(H,30,34);1-2H3. The zero-order valence-corrected chi connectivity index (χ0v) is 22.5. The number of imidazole rings is 1. The summed E-state index contributed by atoms with van der Waals surface area (Å²) in [7, 11) is 2.75. The Hall–Kier alpha value is -4.73. The van der Waals surface area contributed by atoms with E-state index in [1.165, 1.54) is 30.9 Å². The number of halogens is 1. The molecule has 0 aliphatic rings. The monoisotopic (exact) mass is 534 g/mol. The Bertz CT molecular complexity index is 1480. The van der Waals surface area contributed by atoms with Gasteiger partial charge in [-0.15, -0.1) is 0 Å². The molecule has 0 radical (unpaired) electrons. The molecule has 0 spiro atoms. The summed E-state index contributed by atoms with van der Waals surface area (Å²) in [4.78, 5) is 41.8. The highest BCUT2D eigenvalue weighted by Crippen LogP contribution is 2.21. The Labute approximate surface area is 226 Å². The van der Waals surface area contributed by atoms with Gasteiger partial charge in [0.25, 0.3) is 11.8 Å². The molecule has 0 aliphatic heterocycles. The smallest absolute Gasteiger partial charge is 0.337 e. The number of carbonyl (C=O) groups is 3. The second kappa shape index (κ2) is 13.2. The highest BCUT2D eigenvalue weighted by Gasteiger charge is 2.20. The summed E-state index contributed by atoms with van der Waals surface area (Å²) in [5.74, 6) is -1.34. The van der Waals surface area contributed by atoms with E-state index in [0.29, 0.717) is 22.5 Å². The van der Waals surface area contributed by atoms with Crippen LogP contribution in [0.3, 0.4) is 0 Å². The van der Waals surface area contributed by atoms with Crippen molar-refractivity contribution in [2.24, 2.45) is 0 Å². The number of pyridine rings is 1. The van der Waals surface area contributed by atoms with E-state index in [-0.39, 0.29) is 30.3 Å². The lowest BCUT2D eigenvalue weighted by atomic mass is 10.1. The minimum atomic E-state index is -0.445. The minimum Gasteiger partial charge on any atom is -0.494 e. The predicted octanol–water partition coefficient (Wildman–Crippen LogP) is 4.46. The molecule has 2 aromatic heterocycles. The topological polar surface area (TPSA) is 111 Å². The van der Waals surface area contributed by atoms with E-state index in [0.717, 1.165) is 11.1 Å². The maximum Gasteiger partial charge on any atom is 0.337 e. The fourth-order valence-electron chi connectivity index (χ4n) is 3.77. The van der Waals surface area contributed by atoms with Gasteiger partial charge in [0, 0.05) is 19.3 Å². The number of nitrogens with zero attached hydrogens (tertiary/aromatic N) is 2. The van der Waals surface area contributed by atoms with Gasteiger partial charge in [0.2, 0.25) is 0 Å². The molecule has 0 saturated carbocycles. The predicted molar refractivity (Wildman–Crippen MR) is 144 cm³/mol. The third-order valence-corrected chi connectivity index (χ3v) is 5.76. The number of carbonyl (C=O) groups excluding carboxylic acids is 3. The van der Waals surface area contributed by atoms with Gasteiger partial charge in [-0.25, -0.2) is 14.2 Å². The van der Waals surface area contributed by atoms with Crippen molar-refractivity contribution in [3.05, 3.63) is 100 Å². The number of esters is 1. The number of ether oxygens (including phenoxy) is 2. The molecule has 204 valence electrons. The number of fused-ring (bicyclic) bond motifs is 1. The summed E-state index contributed by atoms with van der Waals surface area (Å²) >= 11 is 0. The van der Waals surface area contributed by atoms with Gasteiger partial charge >= 0.3 is 5.97 Å². The molecule has 2 aromatic carbocycles.